The van der Waals surface area contributed by atoms with Crippen LogP contribution < -0.4 is 5.32 Å². The van der Waals surface area contributed by atoms with Crippen molar-refractivity contribution in [3.8, 4) is 0 Å². The molecule has 2 aromatic carbocycles. The number of para-hydroxylation sites is 1. The zero-order valence-corrected chi connectivity index (χ0v) is 25.4. The normalized spacial score (nSPS) is 21.6. The van der Waals surface area contributed by atoms with Gasteiger partial charge in [0.05, 0.1) is 41.5 Å². The zero-order chi connectivity index (χ0) is 30.7. The number of methoxy groups -OCH3 is 2. The molecule has 9 nitrogen and oxygen atoms in total. The number of anilines is 1. The third kappa shape index (κ3) is 6.93. The predicted molar refractivity (Wildman–Crippen MR) is 161 cm³/mol. The second-order valence-corrected chi connectivity index (χ2v) is 11.7. The van der Waals surface area contributed by atoms with Crippen molar-refractivity contribution < 1.29 is 33.0 Å². The zero-order valence-electron chi connectivity index (χ0n) is 24.6. The molecular formula is C32H37ClFN3O6. The average molecular weight is 614 g/mol. The first-order valence-electron chi connectivity index (χ1n) is 14.5. The quantitative estimate of drug-likeness (QED) is 0.317. The van der Waals surface area contributed by atoms with Gasteiger partial charge in [0.15, 0.2) is 12.0 Å². The van der Waals surface area contributed by atoms with E-state index in [0.29, 0.717) is 44.3 Å². The Kier molecular flexibility index (Phi) is 9.81. The number of Topliss-reactive ketones (excluding diaryl/α,β-unsaturated/α-hetero) is 1. The summed E-state index contributed by atoms with van der Waals surface area (Å²) in [6.07, 6.45) is 3.59. The van der Waals surface area contributed by atoms with E-state index in [1.807, 2.05) is 40.8 Å². The number of halogens is 2. The van der Waals surface area contributed by atoms with Crippen molar-refractivity contribution in [2.75, 3.05) is 32.6 Å². The number of benzene rings is 2. The smallest absolute Gasteiger partial charge is 0.308 e. The van der Waals surface area contributed by atoms with Crippen LogP contribution in [0.1, 0.15) is 48.0 Å². The maximum absolute atomic E-state index is 15.4. The third-order valence-corrected chi connectivity index (χ3v) is 8.85. The summed E-state index contributed by atoms with van der Waals surface area (Å²) in [5.41, 5.74) is 1.56. The largest absolute Gasteiger partial charge is 0.469 e. The summed E-state index contributed by atoms with van der Waals surface area (Å²) >= 11 is 6.50. The molecule has 1 N–H and O–H groups in total. The second kappa shape index (κ2) is 13.5. The fraction of sp³-hybridized carbons (Fsp3) is 0.469. The summed E-state index contributed by atoms with van der Waals surface area (Å²) in [7, 11) is 4.87. The number of carbonyl (C=O) groups is 3. The van der Waals surface area contributed by atoms with Crippen LogP contribution in [0.2, 0.25) is 5.02 Å². The molecule has 1 saturated heterocycles. The van der Waals surface area contributed by atoms with E-state index in [0.717, 1.165) is 23.4 Å². The molecule has 1 amide bonds. The molecule has 1 aliphatic carbocycles. The molecule has 1 unspecified atom stereocenters. The summed E-state index contributed by atoms with van der Waals surface area (Å²) in [6.45, 7) is 1.13. The van der Waals surface area contributed by atoms with Crippen molar-refractivity contribution in [3.63, 3.8) is 0 Å². The number of ketones is 1. The van der Waals surface area contributed by atoms with Gasteiger partial charge >= 0.3 is 5.97 Å². The van der Waals surface area contributed by atoms with Crippen LogP contribution in [0.5, 0.6) is 0 Å². The maximum Gasteiger partial charge on any atom is 0.308 e. The topological polar surface area (TPSA) is 99.1 Å². The SMILES string of the molecule is COC(=O)C1CCC(OC(C(=O)Cc2cc(Cl)c(NC(=O)c3cn(C)c4ccccc34)cc2F)N2CC[C@H](OC)C2)CC1. The lowest BCUT2D eigenvalue weighted by molar-refractivity contribution is -0.158. The number of aromatic nitrogens is 1. The highest BCUT2D eigenvalue weighted by Crippen LogP contribution is 2.31. The first-order chi connectivity index (χ1) is 20.7. The minimum absolute atomic E-state index is 0.0234. The number of nitrogens with zero attached hydrogens (tertiary/aromatic N) is 2. The summed E-state index contributed by atoms with van der Waals surface area (Å²) in [5, 5.41) is 3.60. The van der Waals surface area contributed by atoms with Crippen molar-refractivity contribution >= 4 is 45.9 Å². The van der Waals surface area contributed by atoms with Gasteiger partial charge in [0.2, 0.25) is 0 Å². The lowest BCUT2D eigenvalue weighted by Gasteiger charge is -2.33. The summed E-state index contributed by atoms with van der Waals surface area (Å²) in [6, 6.07) is 10.0. The molecule has 230 valence electrons. The van der Waals surface area contributed by atoms with Gasteiger partial charge in [-0.3, -0.25) is 19.3 Å². The molecule has 2 heterocycles. The van der Waals surface area contributed by atoms with Crippen LogP contribution >= 0.6 is 11.6 Å². The number of hydrogen-bond donors (Lipinski definition) is 1. The number of rotatable bonds is 10. The first kappa shape index (κ1) is 31.1. The van der Waals surface area contributed by atoms with Crippen molar-refractivity contribution in [1.82, 2.24) is 9.47 Å². The number of carbonyl (C=O) groups excluding carboxylic acids is 3. The van der Waals surface area contributed by atoms with E-state index in [1.54, 1.807) is 13.3 Å². The van der Waals surface area contributed by atoms with Gasteiger partial charge in [-0.25, -0.2) is 4.39 Å². The van der Waals surface area contributed by atoms with Crippen LogP contribution in [0, 0.1) is 11.7 Å². The van der Waals surface area contributed by atoms with Gasteiger partial charge in [-0.1, -0.05) is 29.8 Å². The molecule has 2 aliphatic rings. The van der Waals surface area contributed by atoms with Crippen LogP contribution in [0.25, 0.3) is 10.9 Å². The number of amides is 1. The Hall–Kier alpha value is -3.31. The number of nitrogens with one attached hydrogen (secondary N) is 1. The fourth-order valence-corrected chi connectivity index (χ4v) is 6.35. The Balaban J connectivity index is 1.29. The van der Waals surface area contributed by atoms with Crippen LogP contribution in [0.15, 0.2) is 42.6 Å². The number of fused-ring (bicyclic) bond motifs is 1. The molecule has 0 radical (unpaired) electrons. The first-order valence-corrected chi connectivity index (χ1v) is 14.9. The van der Waals surface area contributed by atoms with Gasteiger partial charge < -0.3 is 24.1 Å². The molecule has 0 bridgehead atoms. The van der Waals surface area contributed by atoms with Crippen molar-refractivity contribution in [1.29, 1.82) is 0 Å². The van der Waals surface area contributed by atoms with Crippen molar-refractivity contribution in [2.24, 2.45) is 13.0 Å². The molecule has 11 heteroatoms. The molecular weight excluding hydrogens is 577 g/mol. The van der Waals surface area contributed by atoms with Gasteiger partial charge in [0, 0.05) is 50.8 Å². The lowest BCUT2D eigenvalue weighted by Crippen LogP contribution is -2.46. The highest BCUT2D eigenvalue weighted by molar-refractivity contribution is 6.34. The monoisotopic (exact) mass is 613 g/mol. The van der Waals surface area contributed by atoms with Crippen LogP contribution in [-0.2, 0) is 37.3 Å². The molecule has 1 saturated carbocycles. The van der Waals surface area contributed by atoms with E-state index in [2.05, 4.69) is 5.32 Å². The number of ether oxygens (including phenoxy) is 3. The predicted octanol–water partition coefficient (Wildman–Crippen LogP) is 5.13. The second-order valence-electron chi connectivity index (χ2n) is 11.3. The Morgan fingerprint density at radius 1 is 1.07 bits per heavy atom. The molecule has 2 fully saturated rings. The number of likely N-dealkylation sites (tertiary alicyclic amines) is 1. The van der Waals surface area contributed by atoms with E-state index >= 15 is 4.39 Å². The van der Waals surface area contributed by atoms with Gasteiger partial charge in [-0.15, -0.1) is 0 Å². The third-order valence-electron chi connectivity index (χ3n) is 8.54. The molecule has 3 aromatic rings. The molecule has 1 aliphatic heterocycles. The summed E-state index contributed by atoms with van der Waals surface area (Å²) in [4.78, 5) is 40.6. The number of esters is 1. The summed E-state index contributed by atoms with van der Waals surface area (Å²) in [5.74, 6) is -1.76. The van der Waals surface area contributed by atoms with Crippen LogP contribution in [-0.4, -0.2) is 72.9 Å². The average Bonchev–Trinajstić information content (AvgIpc) is 3.63. The van der Waals surface area contributed by atoms with Gasteiger partial charge in [-0.2, -0.15) is 0 Å². The maximum atomic E-state index is 15.4. The highest BCUT2D eigenvalue weighted by atomic mass is 35.5. The van der Waals surface area contributed by atoms with Crippen molar-refractivity contribution in [2.45, 2.75) is 57.0 Å². The van der Waals surface area contributed by atoms with Gasteiger partial charge in [0.1, 0.15) is 5.82 Å². The van der Waals surface area contributed by atoms with Gasteiger partial charge in [-0.05, 0) is 55.9 Å². The number of hydrogen-bond acceptors (Lipinski definition) is 7. The Morgan fingerprint density at radius 2 is 1.81 bits per heavy atom. The lowest BCUT2D eigenvalue weighted by atomic mass is 9.87. The van der Waals surface area contributed by atoms with E-state index in [4.69, 9.17) is 25.8 Å². The van der Waals surface area contributed by atoms with Crippen molar-refractivity contribution in [3.05, 3.63) is 64.6 Å². The van der Waals surface area contributed by atoms with E-state index in [1.165, 1.54) is 13.2 Å². The molecule has 5 rings (SSSR count). The minimum Gasteiger partial charge on any atom is -0.469 e. The molecule has 0 spiro atoms. The number of aryl methyl sites for hydroxylation is 1. The van der Waals surface area contributed by atoms with Crippen LogP contribution in [0.4, 0.5) is 10.1 Å². The minimum atomic E-state index is -0.885. The Morgan fingerprint density at radius 3 is 2.51 bits per heavy atom. The molecule has 2 atom stereocenters. The van der Waals surface area contributed by atoms with E-state index in [-0.39, 0.29) is 52.6 Å². The standard InChI is InChI=1S/C32H37ClFN3O6/c1-36-18-24(23-6-4-5-7-28(23)36)30(39)35-27-16-26(34)20(14-25(27)33)15-29(38)31(37-13-12-22(17-37)41-2)43-21-10-8-19(9-11-21)32(40)42-3/h4-7,14,16,18-19,21-22,31H,8-13,15,17H2,1-3H3,(H,35,39)/t19?,21?,22-,31?/m0/s1. The summed E-state index contributed by atoms with van der Waals surface area (Å²) < 4.78 is 34.0. The Bertz CT molecular complexity index is 1500. The van der Waals surface area contributed by atoms with Crippen LogP contribution in [0.3, 0.4) is 0 Å². The molecule has 1 aromatic heterocycles. The highest BCUT2D eigenvalue weighted by Gasteiger charge is 2.37. The molecule has 43 heavy (non-hydrogen) atoms. The van der Waals surface area contributed by atoms with Gasteiger partial charge in [0.25, 0.3) is 5.91 Å². The van der Waals surface area contributed by atoms with E-state index < -0.39 is 18.0 Å². The Labute approximate surface area is 255 Å². The van der Waals surface area contributed by atoms with E-state index in [9.17, 15) is 14.4 Å². The fourth-order valence-electron chi connectivity index (χ4n) is 6.12.